The molecular formula is C18H23N3OS2. The SMILES string of the molecule is CCC1c2ccsc2CCN1C(=O)Nc1nc2c(s1)CCCCC2. The smallest absolute Gasteiger partial charge is 0.317 e. The van der Waals surface area contributed by atoms with Crippen LogP contribution in [0.15, 0.2) is 11.4 Å². The first-order valence-corrected chi connectivity index (χ1v) is 10.6. The van der Waals surface area contributed by atoms with Crippen LogP contribution in [-0.2, 0) is 19.3 Å². The number of anilines is 1. The van der Waals surface area contributed by atoms with Crippen molar-refractivity contribution >= 4 is 33.8 Å². The van der Waals surface area contributed by atoms with Gasteiger partial charge in [-0.1, -0.05) is 13.3 Å². The van der Waals surface area contributed by atoms with Crippen molar-refractivity contribution < 1.29 is 4.79 Å². The van der Waals surface area contributed by atoms with Gasteiger partial charge in [0.15, 0.2) is 5.13 Å². The zero-order valence-corrected chi connectivity index (χ0v) is 15.6. The van der Waals surface area contributed by atoms with E-state index in [1.807, 2.05) is 16.2 Å². The Bertz CT molecular complexity index is 713. The Kier molecular flexibility index (Phi) is 4.59. The van der Waals surface area contributed by atoms with Gasteiger partial charge in [0.25, 0.3) is 0 Å². The normalized spacial score (nSPS) is 20.2. The molecular weight excluding hydrogens is 338 g/mol. The summed E-state index contributed by atoms with van der Waals surface area (Å²) in [7, 11) is 0. The fraction of sp³-hybridized carbons (Fsp3) is 0.556. The molecule has 0 saturated carbocycles. The Morgan fingerprint density at radius 3 is 3.04 bits per heavy atom. The van der Waals surface area contributed by atoms with Crippen molar-refractivity contribution in [2.75, 3.05) is 11.9 Å². The second kappa shape index (κ2) is 6.84. The highest BCUT2D eigenvalue weighted by Crippen LogP contribution is 2.36. The molecule has 0 fully saturated rings. The number of hydrogen-bond acceptors (Lipinski definition) is 4. The van der Waals surface area contributed by atoms with Gasteiger partial charge in [0.2, 0.25) is 0 Å². The van der Waals surface area contributed by atoms with E-state index < -0.39 is 0 Å². The average molecular weight is 362 g/mol. The van der Waals surface area contributed by atoms with Crippen molar-refractivity contribution in [3.63, 3.8) is 0 Å². The summed E-state index contributed by atoms with van der Waals surface area (Å²) in [5, 5.41) is 6.00. The number of amides is 2. The second-order valence-electron chi connectivity index (χ2n) is 6.55. The van der Waals surface area contributed by atoms with E-state index in [1.165, 1.54) is 40.3 Å². The molecule has 1 atom stereocenters. The van der Waals surface area contributed by atoms with Crippen LogP contribution in [0.4, 0.5) is 9.93 Å². The first-order chi connectivity index (χ1) is 11.8. The number of nitrogens with zero attached hydrogens (tertiary/aromatic N) is 2. The second-order valence-corrected chi connectivity index (χ2v) is 8.63. The van der Waals surface area contributed by atoms with Gasteiger partial charge < -0.3 is 4.90 Å². The molecule has 128 valence electrons. The van der Waals surface area contributed by atoms with Gasteiger partial charge in [-0.2, -0.15) is 0 Å². The van der Waals surface area contributed by atoms with Gasteiger partial charge in [-0.3, -0.25) is 5.32 Å². The summed E-state index contributed by atoms with van der Waals surface area (Å²) in [5.41, 5.74) is 2.54. The lowest BCUT2D eigenvalue weighted by atomic mass is 9.98. The number of fused-ring (bicyclic) bond motifs is 2. The number of thiophene rings is 1. The monoisotopic (exact) mass is 361 g/mol. The molecule has 6 heteroatoms. The van der Waals surface area contributed by atoms with E-state index in [-0.39, 0.29) is 12.1 Å². The summed E-state index contributed by atoms with van der Waals surface area (Å²) in [6, 6.07) is 2.37. The van der Waals surface area contributed by atoms with Crippen molar-refractivity contribution in [1.29, 1.82) is 0 Å². The van der Waals surface area contributed by atoms with Crippen LogP contribution in [0, 0.1) is 0 Å². The van der Waals surface area contributed by atoms with Gasteiger partial charge in [-0.25, -0.2) is 9.78 Å². The average Bonchev–Trinajstić information content (AvgIpc) is 3.15. The van der Waals surface area contributed by atoms with Crippen LogP contribution >= 0.6 is 22.7 Å². The molecule has 1 N–H and O–H groups in total. The van der Waals surface area contributed by atoms with Crippen LogP contribution in [0.5, 0.6) is 0 Å². The number of rotatable bonds is 2. The summed E-state index contributed by atoms with van der Waals surface area (Å²) in [5.74, 6) is 0. The highest BCUT2D eigenvalue weighted by Gasteiger charge is 2.30. The molecule has 2 aromatic heterocycles. The summed E-state index contributed by atoms with van der Waals surface area (Å²) in [6.45, 7) is 2.95. The number of urea groups is 1. The minimum Gasteiger partial charge on any atom is -0.317 e. The summed E-state index contributed by atoms with van der Waals surface area (Å²) < 4.78 is 0. The lowest BCUT2D eigenvalue weighted by Crippen LogP contribution is -2.41. The number of nitrogens with one attached hydrogen (secondary N) is 1. The standard InChI is InChI=1S/C18H23N3OS2/c1-2-14-12-9-11-23-15(12)8-10-21(14)18(22)20-17-19-13-6-4-3-5-7-16(13)24-17/h9,11,14H,2-8,10H2,1H3,(H,19,20,22). The first kappa shape index (κ1) is 16.1. The Labute approximate surface area is 150 Å². The van der Waals surface area contributed by atoms with E-state index >= 15 is 0 Å². The zero-order valence-electron chi connectivity index (χ0n) is 14.0. The molecule has 0 saturated heterocycles. The molecule has 0 aromatic carbocycles. The predicted octanol–water partition coefficient (Wildman–Crippen LogP) is 5.01. The lowest BCUT2D eigenvalue weighted by molar-refractivity contribution is 0.181. The quantitative estimate of drug-likeness (QED) is 0.764. The maximum atomic E-state index is 12.8. The Morgan fingerprint density at radius 1 is 1.29 bits per heavy atom. The molecule has 2 aliphatic rings. The first-order valence-electron chi connectivity index (χ1n) is 8.88. The molecule has 1 unspecified atom stereocenters. The molecule has 0 bridgehead atoms. The van der Waals surface area contributed by atoms with E-state index in [1.54, 1.807) is 11.3 Å². The van der Waals surface area contributed by atoms with E-state index in [2.05, 4.69) is 23.7 Å². The third-order valence-corrected chi connectivity index (χ3v) is 7.12. The van der Waals surface area contributed by atoms with Crippen molar-refractivity contribution in [1.82, 2.24) is 9.88 Å². The predicted molar refractivity (Wildman–Crippen MR) is 100 cm³/mol. The van der Waals surface area contributed by atoms with Gasteiger partial charge >= 0.3 is 6.03 Å². The Hall–Kier alpha value is -1.40. The highest BCUT2D eigenvalue weighted by atomic mass is 32.1. The maximum Gasteiger partial charge on any atom is 0.324 e. The van der Waals surface area contributed by atoms with Gasteiger partial charge in [0.1, 0.15) is 0 Å². The van der Waals surface area contributed by atoms with E-state index in [9.17, 15) is 4.79 Å². The number of carbonyl (C=O) groups excluding carboxylic acids is 1. The van der Waals surface area contributed by atoms with Crippen LogP contribution in [0.3, 0.4) is 0 Å². The minimum atomic E-state index is 0.00242. The summed E-state index contributed by atoms with van der Waals surface area (Å²) in [6.07, 6.45) is 7.84. The van der Waals surface area contributed by atoms with E-state index in [0.29, 0.717) is 0 Å². The van der Waals surface area contributed by atoms with Crippen LogP contribution in [0.25, 0.3) is 0 Å². The van der Waals surface area contributed by atoms with Gasteiger partial charge in [-0.05, 0) is 55.5 Å². The topological polar surface area (TPSA) is 45.2 Å². The lowest BCUT2D eigenvalue weighted by Gasteiger charge is -2.35. The Balaban J connectivity index is 1.50. The third-order valence-electron chi connectivity index (χ3n) is 5.05. The van der Waals surface area contributed by atoms with Crippen molar-refractivity contribution in [2.45, 2.75) is 57.9 Å². The van der Waals surface area contributed by atoms with Crippen LogP contribution in [0.1, 0.15) is 59.7 Å². The van der Waals surface area contributed by atoms with Crippen LogP contribution < -0.4 is 5.32 Å². The number of carbonyl (C=O) groups is 1. The fourth-order valence-electron chi connectivity index (χ4n) is 3.83. The third kappa shape index (κ3) is 2.97. The molecule has 4 rings (SSSR count). The van der Waals surface area contributed by atoms with Gasteiger partial charge in [0, 0.05) is 16.3 Å². The molecule has 1 aliphatic carbocycles. The van der Waals surface area contributed by atoms with Crippen molar-refractivity contribution in [3.8, 4) is 0 Å². The fourth-order valence-corrected chi connectivity index (χ4v) is 5.79. The number of aromatic nitrogens is 1. The summed E-state index contributed by atoms with van der Waals surface area (Å²) in [4.78, 5) is 22.3. The number of aryl methyl sites for hydroxylation is 2. The zero-order chi connectivity index (χ0) is 16.5. The van der Waals surface area contributed by atoms with E-state index in [0.717, 1.165) is 37.4 Å². The van der Waals surface area contributed by atoms with Gasteiger partial charge in [-0.15, -0.1) is 22.7 Å². The molecule has 1 aliphatic heterocycles. The number of hydrogen-bond donors (Lipinski definition) is 1. The van der Waals surface area contributed by atoms with Crippen molar-refractivity contribution in [2.24, 2.45) is 0 Å². The number of thiazole rings is 1. The van der Waals surface area contributed by atoms with Crippen LogP contribution in [-0.4, -0.2) is 22.5 Å². The molecule has 0 spiro atoms. The largest absolute Gasteiger partial charge is 0.324 e. The molecule has 24 heavy (non-hydrogen) atoms. The molecule has 2 amide bonds. The Morgan fingerprint density at radius 2 is 2.17 bits per heavy atom. The van der Waals surface area contributed by atoms with Gasteiger partial charge in [0.05, 0.1) is 11.7 Å². The van der Waals surface area contributed by atoms with E-state index in [4.69, 9.17) is 4.98 Å². The molecule has 4 nitrogen and oxygen atoms in total. The molecule has 2 aromatic rings. The summed E-state index contributed by atoms with van der Waals surface area (Å²) >= 11 is 3.48. The van der Waals surface area contributed by atoms with Crippen molar-refractivity contribution in [3.05, 3.63) is 32.5 Å². The maximum absolute atomic E-state index is 12.8. The highest BCUT2D eigenvalue weighted by molar-refractivity contribution is 7.15. The molecule has 3 heterocycles. The van der Waals surface area contributed by atoms with Crippen LogP contribution in [0.2, 0.25) is 0 Å². The minimum absolute atomic E-state index is 0.00242. The molecule has 0 radical (unpaired) electrons.